The predicted molar refractivity (Wildman–Crippen MR) is 143 cm³/mol. The number of imidazole rings is 1. The summed E-state index contributed by atoms with van der Waals surface area (Å²) < 4.78 is 2.23. The van der Waals surface area contributed by atoms with Gasteiger partial charge in [0.2, 0.25) is 11.8 Å². The molecular weight excluding hydrogens is 474 g/mol. The van der Waals surface area contributed by atoms with E-state index >= 15 is 0 Å². The van der Waals surface area contributed by atoms with Gasteiger partial charge in [-0.05, 0) is 50.0 Å². The molecule has 2 amide bonds. The molecule has 9 nitrogen and oxygen atoms in total. The number of primary amides is 1. The summed E-state index contributed by atoms with van der Waals surface area (Å²) in [5.41, 5.74) is 14.2. The lowest BCUT2D eigenvalue weighted by Crippen LogP contribution is -2.43. The first-order chi connectivity index (χ1) is 17.5. The number of thiazole rings is 1. The summed E-state index contributed by atoms with van der Waals surface area (Å²) in [4.78, 5) is 36.5. The van der Waals surface area contributed by atoms with Gasteiger partial charge in [-0.15, -0.1) is 11.3 Å². The lowest BCUT2D eigenvalue weighted by atomic mass is 10.0. The number of aromatic nitrogens is 3. The lowest BCUT2D eigenvalue weighted by Gasteiger charge is -2.26. The number of amides is 2. The van der Waals surface area contributed by atoms with E-state index in [0.717, 1.165) is 66.4 Å². The summed E-state index contributed by atoms with van der Waals surface area (Å²) >= 11 is 1.56. The van der Waals surface area contributed by atoms with Crippen LogP contribution < -0.4 is 16.8 Å². The fraction of sp³-hybridized carbons (Fsp3) is 0.538. The molecule has 1 aromatic carbocycles. The molecular formula is C26H37N7O2S. The van der Waals surface area contributed by atoms with E-state index in [0.29, 0.717) is 6.42 Å². The van der Waals surface area contributed by atoms with Crippen molar-refractivity contribution < 1.29 is 9.59 Å². The highest BCUT2D eigenvalue weighted by molar-refractivity contribution is 7.13. The first-order valence-corrected chi connectivity index (χ1v) is 13.8. The molecule has 2 aromatic heterocycles. The van der Waals surface area contributed by atoms with E-state index < -0.39 is 18.0 Å². The quantitative estimate of drug-likeness (QED) is 0.342. The zero-order chi connectivity index (χ0) is 25.5. The van der Waals surface area contributed by atoms with E-state index in [1.807, 2.05) is 23.6 Å². The molecule has 1 fully saturated rings. The highest BCUT2D eigenvalue weighted by atomic mass is 32.1. The van der Waals surface area contributed by atoms with Crippen molar-refractivity contribution in [2.75, 3.05) is 19.6 Å². The maximum Gasteiger partial charge on any atom is 0.237 e. The SMILES string of the molecule is CCCC[C@H](N)C(=O)NC(CC(N)=O)c1ccc2c(c1)nc(-c1nccs1)n2CCN1CCCCC1. The number of unbranched alkanes of at least 4 members (excludes halogenated alkanes) is 1. The van der Waals surface area contributed by atoms with Crippen LogP contribution in [0.15, 0.2) is 29.8 Å². The molecule has 10 heteroatoms. The van der Waals surface area contributed by atoms with Gasteiger partial charge in [-0.3, -0.25) is 9.59 Å². The molecule has 1 aliphatic heterocycles. The van der Waals surface area contributed by atoms with E-state index in [2.05, 4.69) is 26.7 Å². The zero-order valence-corrected chi connectivity index (χ0v) is 21.8. The molecule has 2 atom stereocenters. The number of hydrogen-bond donors (Lipinski definition) is 3. The highest BCUT2D eigenvalue weighted by Crippen LogP contribution is 2.29. The maximum atomic E-state index is 12.7. The summed E-state index contributed by atoms with van der Waals surface area (Å²) in [5.74, 6) is 0.0784. The first kappa shape index (κ1) is 26.2. The number of likely N-dealkylation sites (tertiary alicyclic amines) is 1. The number of carbonyl (C=O) groups excluding carboxylic acids is 2. The molecule has 1 unspecified atom stereocenters. The first-order valence-electron chi connectivity index (χ1n) is 12.9. The summed E-state index contributed by atoms with van der Waals surface area (Å²) in [6, 6.07) is 4.72. The van der Waals surface area contributed by atoms with E-state index in [4.69, 9.17) is 16.5 Å². The van der Waals surface area contributed by atoms with Crippen LogP contribution in [0.4, 0.5) is 0 Å². The number of piperidine rings is 1. The smallest absolute Gasteiger partial charge is 0.237 e. The zero-order valence-electron chi connectivity index (χ0n) is 21.0. The molecule has 3 heterocycles. The van der Waals surface area contributed by atoms with Crippen molar-refractivity contribution >= 4 is 34.2 Å². The Hall–Kier alpha value is -2.82. The van der Waals surface area contributed by atoms with Crippen LogP contribution in [-0.2, 0) is 16.1 Å². The summed E-state index contributed by atoms with van der Waals surface area (Å²) in [5, 5.41) is 5.76. The number of hydrogen-bond acceptors (Lipinski definition) is 7. The highest BCUT2D eigenvalue weighted by Gasteiger charge is 2.23. The molecule has 0 aliphatic carbocycles. The number of benzene rings is 1. The molecule has 3 aromatic rings. The van der Waals surface area contributed by atoms with Crippen LogP contribution in [0.3, 0.4) is 0 Å². The number of nitrogens with one attached hydrogen (secondary N) is 1. The second-order valence-electron chi connectivity index (χ2n) is 9.56. The summed E-state index contributed by atoms with van der Waals surface area (Å²) in [6.45, 7) is 6.11. The number of rotatable bonds is 12. The molecule has 36 heavy (non-hydrogen) atoms. The van der Waals surface area contributed by atoms with Crippen molar-refractivity contribution in [3.63, 3.8) is 0 Å². The van der Waals surface area contributed by atoms with Gasteiger partial charge in [0.1, 0.15) is 0 Å². The second-order valence-corrected chi connectivity index (χ2v) is 10.4. The Kier molecular flexibility index (Phi) is 9.06. The van der Waals surface area contributed by atoms with Crippen LogP contribution in [0.2, 0.25) is 0 Å². The molecule has 1 saturated heterocycles. The van der Waals surface area contributed by atoms with Crippen molar-refractivity contribution in [2.45, 2.75) is 70.5 Å². The van der Waals surface area contributed by atoms with Crippen LogP contribution in [-0.4, -0.2) is 56.9 Å². The number of carbonyl (C=O) groups is 2. The van der Waals surface area contributed by atoms with Crippen LogP contribution in [0.1, 0.15) is 63.5 Å². The van der Waals surface area contributed by atoms with E-state index in [1.165, 1.54) is 19.3 Å². The van der Waals surface area contributed by atoms with Gasteiger partial charge in [0.25, 0.3) is 0 Å². The minimum atomic E-state index is -0.616. The fourth-order valence-electron chi connectivity index (χ4n) is 4.80. The van der Waals surface area contributed by atoms with Gasteiger partial charge in [0.05, 0.1) is 29.5 Å². The largest absolute Gasteiger partial charge is 0.370 e. The Morgan fingerprint density at radius 1 is 1.19 bits per heavy atom. The van der Waals surface area contributed by atoms with Crippen molar-refractivity contribution in [3.8, 4) is 10.8 Å². The molecule has 194 valence electrons. The molecule has 0 spiro atoms. The molecule has 0 radical (unpaired) electrons. The minimum absolute atomic E-state index is 0.00719. The van der Waals surface area contributed by atoms with Crippen LogP contribution >= 0.6 is 11.3 Å². The average molecular weight is 512 g/mol. The fourth-order valence-corrected chi connectivity index (χ4v) is 5.43. The maximum absolute atomic E-state index is 12.7. The predicted octanol–water partition coefficient (Wildman–Crippen LogP) is 3.20. The Balaban J connectivity index is 1.62. The third kappa shape index (κ3) is 6.48. The average Bonchev–Trinajstić information content (AvgIpc) is 3.53. The number of nitrogens with zero attached hydrogens (tertiary/aromatic N) is 4. The number of fused-ring (bicyclic) bond motifs is 1. The molecule has 4 rings (SSSR count). The van der Waals surface area contributed by atoms with E-state index in [1.54, 1.807) is 17.5 Å². The van der Waals surface area contributed by atoms with Crippen molar-refractivity contribution in [1.82, 2.24) is 24.8 Å². The van der Waals surface area contributed by atoms with Gasteiger partial charge in [-0.25, -0.2) is 9.97 Å². The normalized spacial score (nSPS) is 16.2. The third-order valence-corrected chi connectivity index (χ3v) is 7.58. The summed E-state index contributed by atoms with van der Waals surface area (Å²) in [6.07, 6.45) is 8.03. The number of nitrogens with two attached hydrogens (primary N) is 2. The van der Waals surface area contributed by atoms with Crippen molar-refractivity contribution in [3.05, 3.63) is 35.3 Å². The minimum Gasteiger partial charge on any atom is -0.370 e. The van der Waals surface area contributed by atoms with E-state index in [-0.39, 0.29) is 12.3 Å². The Bertz CT molecular complexity index is 1150. The van der Waals surface area contributed by atoms with E-state index in [9.17, 15) is 9.59 Å². The van der Waals surface area contributed by atoms with Crippen molar-refractivity contribution in [1.29, 1.82) is 0 Å². The van der Waals surface area contributed by atoms with Crippen LogP contribution in [0.5, 0.6) is 0 Å². The molecule has 1 aliphatic rings. The topological polar surface area (TPSA) is 132 Å². The van der Waals surface area contributed by atoms with Crippen LogP contribution in [0.25, 0.3) is 21.9 Å². The van der Waals surface area contributed by atoms with Gasteiger partial charge in [0.15, 0.2) is 10.8 Å². The Morgan fingerprint density at radius 3 is 2.69 bits per heavy atom. The Morgan fingerprint density at radius 2 is 2.00 bits per heavy atom. The van der Waals surface area contributed by atoms with Gasteiger partial charge in [-0.1, -0.05) is 32.3 Å². The monoisotopic (exact) mass is 511 g/mol. The second kappa shape index (κ2) is 12.4. The molecule has 0 bridgehead atoms. The summed E-state index contributed by atoms with van der Waals surface area (Å²) in [7, 11) is 0. The standard InChI is InChI=1S/C26H37N7O2S/c1-2-3-7-19(27)25(35)31-20(17-23(28)34)18-8-9-22-21(16-18)30-24(26-29-10-15-36-26)33(22)14-13-32-11-5-4-6-12-32/h8-10,15-16,19-20H,2-7,11-14,17,27H2,1H3,(H2,28,34)(H,31,35)/t19-,20?/m0/s1. The van der Waals surface area contributed by atoms with Gasteiger partial charge in [0, 0.05) is 24.7 Å². The van der Waals surface area contributed by atoms with Crippen molar-refractivity contribution in [2.24, 2.45) is 11.5 Å². The molecule has 0 saturated carbocycles. The third-order valence-electron chi connectivity index (χ3n) is 6.81. The van der Waals surface area contributed by atoms with Gasteiger partial charge in [-0.2, -0.15) is 0 Å². The lowest BCUT2D eigenvalue weighted by molar-refractivity contribution is -0.124. The van der Waals surface area contributed by atoms with Gasteiger partial charge < -0.3 is 26.3 Å². The Labute approximate surface area is 216 Å². The molecule has 5 N–H and O–H groups in total. The van der Waals surface area contributed by atoms with Crippen LogP contribution in [0, 0.1) is 0 Å². The van der Waals surface area contributed by atoms with Gasteiger partial charge >= 0.3 is 0 Å².